The number of rotatable bonds is 8. The quantitative estimate of drug-likeness (QED) is 0.292. The van der Waals surface area contributed by atoms with Gasteiger partial charge in [0.25, 0.3) is 0 Å². The van der Waals surface area contributed by atoms with Crippen molar-refractivity contribution in [2.24, 2.45) is 5.10 Å². The molecule has 1 aromatic carbocycles. The third kappa shape index (κ3) is 5.54. The second-order valence-corrected chi connectivity index (χ2v) is 9.14. The number of hydrazone groups is 1. The molecule has 3 heterocycles. The summed E-state index contributed by atoms with van der Waals surface area (Å²) in [5.41, 5.74) is 3.88. The summed E-state index contributed by atoms with van der Waals surface area (Å²) in [6.45, 7) is 8.03. The highest BCUT2D eigenvalue weighted by molar-refractivity contribution is 9.11. The summed E-state index contributed by atoms with van der Waals surface area (Å²) in [6.07, 6.45) is 8.11. The van der Waals surface area contributed by atoms with E-state index in [4.69, 9.17) is 9.72 Å². The molecule has 10 heteroatoms. The predicted molar refractivity (Wildman–Crippen MR) is 131 cm³/mol. The van der Waals surface area contributed by atoms with Crippen LogP contribution in [0.2, 0.25) is 0 Å². The zero-order valence-electron chi connectivity index (χ0n) is 17.2. The highest BCUT2D eigenvalue weighted by Crippen LogP contribution is 2.34. The van der Waals surface area contributed by atoms with Gasteiger partial charge in [-0.15, -0.1) is 0 Å². The molecule has 2 fully saturated rings. The van der Waals surface area contributed by atoms with E-state index in [2.05, 4.69) is 68.7 Å². The van der Waals surface area contributed by atoms with Crippen LogP contribution in [0.5, 0.6) is 5.75 Å². The van der Waals surface area contributed by atoms with Crippen LogP contribution in [0.25, 0.3) is 0 Å². The Morgan fingerprint density at radius 3 is 2.03 bits per heavy atom. The van der Waals surface area contributed by atoms with Gasteiger partial charge in [0.15, 0.2) is 0 Å². The summed E-state index contributed by atoms with van der Waals surface area (Å²) in [4.78, 5) is 18.4. The van der Waals surface area contributed by atoms with Gasteiger partial charge in [-0.25, -0.2) is 5.43 Å². The molecular formula is C21H25Br2N7O. The Morgan fingerprint density at radius 1 is 0.968 bits per heavy atom. The lowest BCUT2D eigenvalue weighted by atomic mass is 10.2. The average Bonchev–Trinajstić information content (AvgIpc) is 3.47. The van der Waals surface area contributed by atoms with Gasteiger partial charge in [0.1, 0.15) is 12.4 Å². The van der Waals surface area contributed by atoms with Gasteiger partial charge in [-0.1, -0.05) is 12.7 Å². The fourth-order valence-electron chi connectivity index (χ4n) is 3.62. The van der Waals surface area contributed by atoms with E-state index in [0.29, 0.717) is 12.6 Å². The molecule has 1 N–H and O–H groups in total. The van der Waals surface area contributed by atoms with Gasteiger partial charge in [-0.2, -0.15) is 20.1 Å². The molecule has 2 saturated heterocycles. The molecule has 0 saturated carbocycles. The van der Waals surface area contributed by atoms with Gasteiger partial charge < -0.3 is 14.5 Å². The van der Waals surface area contributed by atoms with Crippen LogP contribution >= 0.6 is 31.9 Å². The van der Waals surface area contributed by atoms with E-state index in [-0.39, 0.29) is 0 Å². The molecule has 0 aliphatic carbocycles. The Kier molecular flexibility index (Phi) is 7.39. The number of aromatic nitrogens is 3. The van der Waals surface area contributed by atoms with Gasteiger partial charge in [0.2, 0.25) is 17.8 Å². The highest BCUT2D eigenvalue weighted by Gasteiger charge is 2.21. The number of anilines is 3. The molecule has 0 atom stereocenters. The molecule has 2 aliphatic heterocycles. The Balaban J connectivity index is 1.51. The van der Waals surface area contributed by atoms with Crippen molar-refractivity contribution in [2.75, 3.05) is 48.0 Å². The molecule has 2 aromatic rings. The van der Waals surface area contributed by atoms with Crippen molar-refractivity contribution < 1.29 is 4.74 Å². The lowest BCUT2D eigenvalue weighted by Gasteiger charge is -2.20. The molecular weight excluding hydrogens is 526 g/mol. The topological polar surface area (TPSA) is 78.8 Å². The summed E-state index contributed by atoms with van der Waals surface area (Å²) in [7, 11) is 0. The van der Waals surface area contributed by atoms with E-state index in [9.17, 15) is 0 Å². The smallest absolute Gasteiger partial charge is 0.250 e. The molecule has 4 rings (SSSR count). The number of nitrogens with zero attached hydrogens (tertiary/aromatic N) is 6. The molecule has 0 radical (unpaired) electrons. The van der Waals surface area contributed by atoms with E-state index < -0.39 is 0 Å². The van der Waals surface area contributed by atoms with Crippen LogP contribution in [0.1, 0.15) is 31.2 Å². The van der Waals surface area contributed by atoms with Gasteiger partial charge in [0, 0.05) is 26.2 Å². The third-order valence-electron chi connectivity index (χ3n) is 5.13. The summed E-state index contributed by atoms with van der Waals surface area (Å²) < 4.78 is 7.32. The summed E-state index contributed by atoms with van der Waals surface area (Å²) in [5, 5.41) is 4.36. The monoisotopic (exact) mass is 549 g/mol. The third-order valence-corrected chi connectivity index (χ3v) is 6.31. The normalized spacial score (nSPS) is 16.3. The van der Waals surface area contributed by atoms with Gasteiger partial charge in [-0.3, -0.25) is 0 Å². The second kappa shape index (κ2) is 10.4. The van der Waals surface area contributed by atoms with Gasteiger partial charge in [-0.05, 0) is 75.2 Å². The van der Waals surface area contributed by atoms with Crippen molar-refractivity contribution in [1.29, 1.82) is 0 Å². The number of benzene rings is 1. The zero-order chi connectivity index (χ0) is 21.6. The van der Waals surface area contributed by atoms with Gasteiger partial charge >= 0.3 is 0 Å². The number of nitrogens with one attached hydrogen (secondary N) is 1. The fourth-order valence-corrected chi connectivity index (χ4v) is 5.07. The van der Waals surface area contributed by atoms with Crippen molar-refractivity contribution in [1.82, 2.24) is 15.0 Å². The minimum atomic E-state index is 0.435. The first-order valence-electron chi connectivity index (χ1n) is 10.4. The second-order valence-electron chi connectivity index (χ2n) is 7.43. The van der Waals surface area contributed by atoms with Crippen LogP contribution in [0.3, 0.4) is 0 Å². The van der Waals surface area contributed by atoms with Crippen molar-refractivity contribution in [2.45, 2.75) is 25.7 Å². The van der Waals surface area contributed by atoms with Crippen molar-refractivity contribution in [3.8, 4) is 5.75 Å². The molecule has 164 valence electrons. The molecule has 31 heavy (non-hydrogen) atoms. The maximum absolute atomic E-state index is 5.66. The van der Waals surface area contributed by atoms with Crippen LogP contribution in [0.15, 0.2) is 38.8 Å². The minimum absolute atomic E-state index is 0.435. The summed E-state index contributed by atoms with van der Waals surface area (Å²) >= 11 is 7.09. The first-order valence-corrected chi connectivity index (χ1v) is 12.0. The van der Waals surface area contributed by atoms with Gasteiger partial charge in [0.05, 0.1) is 15.2 Å². The Hall–Kier alpha value is -2.20. The first-order chi connectivity index (χ1) is 15.1. The molecule has 8 nitrogen and oxygen atoms in total. The number of hydrogen-bond donors (Lipinski definition) is 1. The standard InChI is InChI=1S/C21H25Br2N7O/c1-2-11-31-18-16(22)12-15(13-17(18)23)14-24-28-19-25-20(29-7-3-4-8-29)27-21(26-19)30-9-5-6-10-30/h2,12-14H,1,3-11H2,(H,25,26,27,28). The number of halogens is 2. The van der Waals surface area contributed by atoms with Crippen LogP contribution in [-0.4, -0.2) is 54.0 Å². The van der Waals surface area contributed by atoms with Crippen LogP contribution in [0.4, 0.5) is 17.8 Å². The molecule has 0 bridgehead atoms. The van der Waals surface area contributed by atoms with Crippen molar-refractivity contribution >= 4 is 55.9 Å². The largest absolute Gasteiger partial charge is 0.487 e. The number of ether oxygens (including phenoxy) is 1. The average molecular weight is 551 g/mol. The Morgan fingerprint density at radius 2 is 1.52 bits per heavy atom. The first kappa shape index (κ1) is 22.0. The fraction of sp³-hybridized carbons (Fsp3) is 0.429. The van der Waals surface area contributed by atoms with Crippen LogP contribution in [0, 0.1) is 0 Å². The van der Waals surface area contributed by atoms with Crippen molar-refractivity contribution in [3.63, 3.8) is 0 Å². The summed E-state index contributed by atoms with van der Waals surface area (Å²) in [6, 6.07) is 3.88. The molecule has 2 aliphatic rings. The Labute approximate surface area is 199 Å². The van der Waals surface area contributed by atoms with E-state index in [1.165, 1.54) is 25.7 Å². The van der Waals surface area contributed by atoms with E-state index in [1.807, 2.05) is 12.1 Å². The molecule has 0 spiro atoms. The number of hydrogen-bond acceptors (Lipinski definition) is 8. The van der Waals surface area contributed by atoms with E-state index in [1.54, 1.807) is 12.3 Å². The lowest BCUT2D eigenvalue weighted by molar-refractivity contribution is 0.358. The Bertz CT molecular complexity index is 899. The van der Waals surface area contributed by atoms with Crippen LogP contribution in [-0.2, 0) is 0 Å². The lowest BCUT2D eigenvalue weighted by Crippen LogP contribution is -2.25. The molecule has 0 unspecified atom stereocenters. The molecule has 1 aromatic heterocycles. The SMILES string of the molecule is C=CCOc1c(Br)cc(C=NNc2nc(N3CCCC3)nc(N3CCCC3)n2)cc1Br. The van der Waals surface area contributed by atoms with Crippen molar-refractivity contribution in [3.05, 3.63) is 39.3 Å². The minimum Gasteiger partial charge on any atom is -0.487 e. The predicted octanol–water partition coefficient (Wildman–Crippen LogP) is 4.61. The van der Waals surface area contributed by atoms with E-state index in [0.717, 1.165) is 58.3 Å². The van der Waals surface area contributed by atoms with E-state index >= 15 is 0 Å². The zero-order valence-corrected chi connectivity index (χ0v) is 20.4. The van der Waals surface area contributed by atoms with Crippen LogP contribution < -0.4 is 20.0 Å². The highest BCUT2D eigenvalue weighted by atomic mass is 79.9. The summed E-state index contributed by atoms with van der Waals surface area (Å²) in [5.74, 6) is 2.63. The maximum atomic E-state index is 5.66. The molecule has 0 amide bonds. The maximum Gasteiger partial charge on any atom is 0.250 e.